The van der Waals surface area contributed by atoms with Crippen LogP contribution in [-0.2, 0) is 0 Å². The van der Waals surface area contributed by atoms with Crippen molar-refractivity contribution < 1.29 is 4.79 Å². The van der Waals surface area contributed by atoms with Gasteiger partial charge in [-0.05, 0) is 50.3 Å². The summed E-state index contributed by atoms with van der Waals surface area (Å²) in [5, 5.41) is 0. The topological polar surface area (TPSA) is 38.1 Å². The maximum atomic E-state index is 12.9. The van der Waals surface area contributed by atoms with E-state index in [-0.39, 0.29) is 5.91 Å². The van der Waals surface area contributed by atoms with Gasteiger partial charge in [0.05, 0.1) is 0 Å². The Labute approximate surface area is 150 Å². The van der Waals surface area contributed by atoms with Gasteiger partial charge in [-0.2, -0.15) is 0 Å². The third kappa shape index (κ3) is 3.78. The third-order valence-electron chi connectivity index (χ3n) is 5.15. The molecule has 0 unspecified atom stereocenters. The average Bonchev–Trinajstić information content (AvgIpc) is 3.11. The minimum absolute atomic E-state index is 0.141. The van der Waals surface area contributed by atoms with E-state index in [0.717, 1.165) is 37.3 Å². The lowest BCUT2D eigenvalue weighted by molar-refractivity contribution is 0.0703. The maximum absolute atomic E-state index is 12.9. The zero-order chi connectivity index (χ0) is 18.0. The highest BCUT2D eigenvalue weighted by atomic mass is 16.2. The van der Waals surface area contributed by atoms with Gasteiger partial charge in [0.15, 0.2) is 0 Å². The standard InChI is InChI=1S/C21H29N3O/c1-15(2)17-7-9-18(10-8-17)21(25)23-12-5-6-19(14-23)20-22-11-13-24(20)16(3)4/h7-11,13,15-16,19H,5-6,12,14H2,1-4H3/t19-/m0/s1. The summed E-state index contributed by atoms with van der Waals surface area (Å²) < 4.78 is 2.23. The fourth-order valence-electron chi connectivity index (χ4n) is 3.64. The monoisotopic (exact) mass is 339 g/mol. The van der Waals surface area contributed by atoms with Crippen molar-refractivity contribution in [3.8, 4) is 0 Å². The summed E-state index contributed by atoms with van der Waals surface area (Å²) in [5.41, 5.74) is 2.06. The van der Waals surface area contributed by atoms with Crippen LogP contribution in [0.25, 0.3) is 0 Å². The molecule has 0 aliphatic carbocycles. The Kier molecular flexibility index (Phi) is 5.26. The number of aromatic nitrogens is 2. The Bertz CT molecular complexity index is 715. The molecule has 4 nitrogen and oxygen atoms in total. The predicted octanol–water partition coefficient (Wildman–Crippen LogP) is 4.61. The highest BCUT2D eigenvalue weighted by Crippen LogP contribution is 2.28. The van der Waals surface area contributed by atoms with Crippen LogP contribution >= 0.6 is 0 Å². The fraction of sp³-hybridized carbons (Fsp3) is 0.524. The first-order valence-corrected chi connectivity index (χ1v) is 9.39. The molecule has 1 fully saturated rings. The number of rotatable bonds is 4. The number of hydrogen-bond donors (Lipinski definition) is 0. The summed E-state index contributed by atoms with van der Waals surface area (Å²) in [5.74, 6) is 2.06. The van der Waals surface area contributed by atoms with E-state index in [1.165, 1.54) is 5.56 Å². The second kappa shape index (κ2) is 7.42. The van der Waals surface area contributed by atoms with Gasteiger partial charge in [-0.3, -0.25) is 4.79 Å². The number of likely N-dealkylation sites (tertiary alicyclic amines) is 1. The molecular weight excluding hydrogens is 310 g/mol. The van der Waals surface area contributed by atoms with Gasteiger partial charge in [-0.25, -0.2) is 4.98 Å². The highest BCUT2D eigenvalue weighted by Gasteiger charge is 2.28. The largest absolute Gasteiger partial charge is 0.338 e. The van der Waals surface area contributed by atoms with E-state index in [9.17, 15) is 4.79 Å². The second-order valence-electron chi connectivity index (χ2n) is 7.65. The van der Waals surface area contributed by atoms with E-state index >= 15 is 0 Å². The van der Waals surface area contributed by atoms with E-state index in [4.69, 9.17) is 0 Å². The molecule has 3 rings (SSSR count). The zero-order valence-corrected chi connectivity index (χ0v) is 15.8. The van der Waals surface area contributed by atoms with Crippen LogP contribution in [0, 0.1) is 0 Å². The Morgan fingerprint density at radius 3 is 2.52 bits per heavy atom. The van der Waals surface area contributed by atoms with Gasteiger partial charge in [0.1, 0.15) is 5.82 Å². The molecule has 1 saturated heterocycles. The number of benzene rings is 1. The van der Waals surface area contributed by atoms with Crippen molar-refractivity contribution in [1.82, 2.24) is 14.5 Å². The molecule has 0 saturated carbocycles. The summed E-state index contributed by atoms with van der Waals surface area (Å²) >= 11 is 0. The normalized spacial score (nSPS) is 18.2. The number of piperidine rings is 1. The molecular formula is C21H29N3O. The first kappa shape index (κ1) is 17.7. The molecule has 1 amide bonds. The van der Waals surface area contributed by atoms with Gasteiger partial charge in [-0.1, -0.05) is 26.0 Å². The van der Waals surface area contributed by atoms with Crippen molar-refractivity contribution in [3.05, 3.63) is 53.6 Å². The van der Waals surface area contributed by atoms with Crippen LogP contribution in [0.4, 0.5) is 0 Å². The van der Waals surface area contributed by atoms with Crippen LogP contribution in [0.3, 0.4) is 0 Å². The Balaban J connectivity index is 1.74. The summed E-state index contributed by atoms with van der Waals surface area (Å²) in [4.78, 5) is 19.5. The van der Waals surface area contributed by atoms with Gasteiger partial charge in [0, 0.05) is 43.0 Å². The van der Waals surface area contributed by atoms with Crippen LogP contribution in [0.15, 0.2) is 36.7 Å². The minimum Gasteiger partial charge on any atom is -0.338 e. The van der Waals surface area contributed by atoms with Crippen molar-refractivity contribution in [2.75, 3.05) is 13.1 Å². The lowest BCUT2D eigenvalue weighted by atomic mass is 9.95. The highest BCUT2D eigenvalue weighted by molar-refractivity contribution is 5.94. The molecule has 0 bridgehead atoms. The number of hydrogen-bond acceptors (Lipinski definition) is 2. The Morgan fingerprint density at radius 2 is 1.88 bits per heavy atom. The smallest absolute Gasteiger partial charge is 0.253 e. The van der Waals surface area contributed by atoms with E-state index in [1.54, 1.807) is 0 Å². The van der Waals surface area contributed by atoms with Crippen LogP contribution < -0.4 is 0 Å². The molecule has 1 aromatic heterocycles. The van der Waals surface area contributed by atoms with E-state index < -0.39 is 0 Å². The van der Waals surface area contributed by atoms with Crippen LogP contribution in [-0.4, -0.2) is 33.4 Å². The van der Waals surface area contributed by atoms with Crippen LogP contribution in [0.1, 0.15) is 80.2 Å². The van der Waals surface area contributed by atoms with Crippen LogP contribution in [0.5, 0.6) is 0 Å². The van der Waals surface area contributed by atoms with Crippen molar-refractivity contribution in [2.45, 2.75) is 58.4 Å². The number of amides is 1. The second-order valence-corrected chi connectivity index (χ2v) is 7.65. The lowest BCUT2D eigenvalue weighted by Crippen LogP contribution is -2.39. The average molecular weight is 339 g/mol. The minimum atomic E-state index is 0.141. The first-order valence-electron chi connectivity index (χ1n) is 9.39. The van der Waals surface area contributed by atoms with Crippen molar-refractivity contribution in [2.24, 2.45) is 0 Å². The number of carbonyl (C=O) groups is 1. The van der Waals surface area contributed by atoms with Crippen molar-refractivity contribution in [1.29, 1.82) is 0 Å². The van der Waals surface area contributed by atoms with Crippen molar-refractivity contribution in [3.63, 3.8) is 0 Å². The summed E-state index contributed by atoms with van der Waals surface area (Å²) in [7, 11) is 0. The Morgan fingerprint density at radius 1 is 1.16 bits per heavy atom. The lowest BCUT2D eigenvalue weighted by Gasteiger charge is -2.33. The molecule has 0 N–H and O–H groups in total. The quantitative estimate of drug-likeness (QED) is 0.816. The van der Waals surface area contributed by atoms with Crippen LogP contribution in [0.2, 0.25) is 0 Å². The Hall–Kier alpha value is -2.10. The molecule has 1 aliphatic rings. The zero-order valence-electron chi connectivity index (χ0n) is 15.8. The molecule has 25 heavy (non-hydrogen) atoms. The summed E-state index contributed by atoms with van der Waals surface area (Å²) in [6, 6.07) is 8.48. The maximum Gasteiger partial charge on any atom is 0.253 e. The molecule has 2 heterocycles. The number of carbonyl (C=O) groups excluding carboxylic acids is 1. The molecule has 0 spiro atoms. The molecule has 2 aromatic rings. The molecule has 4 heteroatoms. The molecule has 1 aromatic carbocycles. The van der Waals surface area contributed by atoms with Crippen molar-refractivity contribution >= 4 is 5.91 Å². The summed E-state index contributed by atoms with van der Waals surface area (Å²) in [6.45, 7) is 10.3. The first-order chi connectivity index (χ1) is 12.0. The fourth-order valence-corrected chi connectivity index (χ4v) is 3.64. The van der Waals surface area contributed by atoms with E-state index in [2.05, 4.69) is 49.4 Å². The van der Waals surface area contributed by atoms with E-state index in [1.807, 2.05) is 29.4 Å². The summed E-state index contributed by atoms with van der Waals surface area (Å²) in [6.07, 6.45) is 6.05. The third-order valence-corrected chi connectivity index (χ3v) is 5.15. The van der Waals surface area contributed by atoms with Gasteiger partial charge in [0.2, 0.25) is 0 Å². The SMILES string of the molecule is CC(C)c1ccc(C(=O)N2CCC[C@H](c3nccn3C(C)C)C2)cc1. The predicted molar refractivity (Wildman–Crippen MR) is 101 cm³/mol. The number of nitrogens with zero attached hydrogens (tertiary/aromatic N) is 3. The van der Waals surface area contributed by atoms with Gasteiger partial charge in [-0.15, -0.1) is 0 Å². The molecule has 0 radical (unpaired) electrons. The molecule has 1 aliphatic heterocycles. The van der Waals surface area contributed by atoms with Gasteiger partial charge < -0.3 is 9.47 Å². The van der Waals surface area contributed by atoms with E-state index in [0.29, 0.717) is 17.9 Å². The van der Waals surface area contributed by atoms with Gasteiger partial charge >= 0.3 is 0 Å². The molecule has 1 atom stereocenters. The van der Waals surface area contributed by atoms with Gasteiger partial charge in [0.25, 0.3) is 5.91 Å². The molecule has 134 valence electrons. The number of imidazole rings is 1.